The lowest BCUT2D eigenvalue weighted by molar-refractivity contribution is 0.0137. The van der Waals surface area contributed by atoms with E-state index in [1.165, 1.54) is 12.1 Å². The Labute approximate surface area is 195 Å². The minimum Gasteiger partial charge on any atom is -0.444 e. The zero-order chi connectivity index (χ0) is 21.0. The molecule has 7 nitrogen and oxygen atoms in total. The number of piperazine rings is 1. The summed E-state index contributed by atoms with van der Waals surface area (Å²) in [6, 6.07) is 6.82. The fourth-order valence-corrected chi connectivity index (χ4v) is 3.56. The van der Waals surface area contributed by atoms with Crippen LogP contribution in [0.25, 0.3) is 0 Å². The van der Waals surface area contributed by atoms with Crippen molar-refractivity contribution in [1.29, 1.82) is 0 Å². The minimum absolute atomic E-state index is 0. The van der Waals surface area contributed by atoms with Crippen molar-refractivity contribution in [2.45, 2.75) is 39.0 Å². The third kappa shape index (κ3) is 6.97. The molecule has 2 aliphatic rings. The van der Waals surface area contributed by atoms with Crippen LogP contribution in [0.5, 0.6) is 0 Å². The van der Waals surface area contributed by atoms with Crippen molar-refractivity contribution in [3.63, 3.8) is 0 Å². The number of carbonyl (C=O) groups excluding carboxylic acids is 1. The molecule has 30 heavy (non-hydrogen) atoms. The van der Waals surface area contributed by atoms with Gasteiger partial charge in [-0.2, -0.15) is 0 Å². The van der Waals surface area contributed by atoms with Crippen LogP contribution in [-0.2, 0) is 11.3 Å². The maximum atomic E-state index is 13.0. The Hall–Kier alpha value is -1.62. The number of aliphatic imine (C=N–C) groups is 1. The lowest BCUT2D eigenvalue weighted by Gasteiger charge is -2.39. The summed E-state index contributed by atoms with van der Waals surface area (Å²) >= 11 is 0. The van der Waals surface area contributed by atoms with Gasteiger partial charge in [-0.3, -0.25) is 4.99 Å². The molecular formula is C21H33FIN5O2. The van der Waals surface area contributed by atoms with E-state index in [0.29, 0.717) is 19.6 Å². The smallest absolute Gasteiger partial charge is 0.410 e. The number of ether oxygens (including phenoxy) is 1. The summed E-state index contributed by atoms with van der Waals surface area (Å²) in [5, 5.41) is 3.43. The second-order valence-corrected chi connectivity index (χ2v) is 8.73. The van der Waals surface area contributed by atoms with Crippen LogP contribution in [0.1, 0.15) is 26.3 Å². The topological polar surface area (TPSA) is 60.4 Å². The lowest BCUT2D eigenvalue weighted by Crippen LogP contribution is -2.57. The molecule has 1 fully saturated rings. The Morgan fingerprint density at radius 2 is 2.00 bits per heavy atom. The van der Waals surface area contributed by atoms with Crippen LogP contribution in [0.2, 0.25) is 0 Å². The highest BCUT2D eigenvalue weighted by molar-refractivity contribution is 14.0. The van der Waals surface area contributed by atoms with Gasteiger partial charge >= 0.3 is 6.09 Å². The fourth-order valence-electron chi connectivity index (χ4n) is 3.56. The zero-order valence-corrected chi connectivity index (χ0v) is 20.6. The largest absolute Gasteiger partial charge is 0.444 e. The SMILES string of the molecule is CN(CCNC1=NCC2CN(C(=O)OC(C)(C)C)CCN12)Cc1ccc(F)cc1.I. The lowest BCUT2D eigenvalue weighted by atomic mass is 10.2. The van der Waals surface area contributed by atoms with Gasteiger partial charge in [-0.25, -0.2) is 9.18 Å². The van der Waals surface area contributed by atoms with E-state index in [1.54, 1.807) is 4.90 Å². The third-order valence-electron chi connectivity index (χ3n) is 5.00. The molecule has 1 aromatic carbocycles. The monoisotopic (exact) mass is 533 g/mol. The highest BCUT2D eigenvalue weighted by Gasteiger charge is 2.36. The van der Waals surface area contributed by atoms with Crippen molar-refractivity contribution in [1.82, 2.24) is 20.0 Å². The summed E-state index contributed by atoms with van der Waals surface area (Å²) in [7, 11) is 2.05. The van der Waals surface area contributed by atoms with Crippen LogP contribution in [-0.4, -0.2) is 84.7 Å². The van der Waals surface area contributed by atoms with Gasteiger partial charge in [-0.1, -0.05) is 12.1 Å². The van der Waals surface area contributed by atoms with Crippen molar-refractivity contribution in [2.75, 3.05) is 46.3 Å². The van der Waals surface area contributed by atoms with Gasteiger partial charge < -0.3 is 24.8 Å². The number of hydrogen-bond donors (Lipinski definition) is 1. The molecule has 1 saturated heterocycles. The molecule has 0 aromatic heterocycles. The van der Waals surface area contributed by atoms with Crippen LogP contribution < -0.4 is 5.32 Å². The molecular weight excluding hydrogens is 500 g/mol. The van der Waals surface area contributed by atoms with Gasteiger partial charge in [-0.15, -0.1) is 24.0 Å². The quantitative estimate of drug-likeness (QED) is 0.591. The average molecular weight is 533 g/mol. The number of rotatable bonds is 5. The van der Waals surface area contributed by atoms with E-state index in [4.69, 9.17) is 4.74 Å². The first kappa shape index (κ1) is 24.6. The number of carbonyl (C=O) groups is 1. The number of benzene rings is 1. The number of halogens is 2. The molecule has 1 N–H and O–H groups in total. The summed E-state index contributed by atoms with van der Waals surface area (Å²) in [6.45, 7) is 10.7. The number of nitrogens with one attached hydrogen (secondary N) is 1. The average Bonchev–Trinajstić information content (AvgIpc) is 3.04. The van der Waals surface area contributed by atoms with Crippen LogP contribution >= 0.6 is 24.0 Å². The molecule has 0 bridgehead atoms. The van der Waals surface area contributed by atoms with Gasteiger partial charge in [0, 0.05) is 39.3 Å². The molecule has 9 heteroatoms. The molecule has 1 amide bonds. The molecule has 1 atom stereocenters. The van der Waals surface area contributed by atoms with E-state index in [1.807, 2.05) is 40.0 Å². The zero-order valence-electron chi connectivity index (χ0n) is 18.2. The standard InChI is InChI=1S/C21H32FN5O2.HI/c1-21(2,3)29-20(28)26-11-12-27-18(15-26)13-24-19(27)23-9-10-25(4)14-16-5-7-17(22)8-6-16;/h5-8,18H,9-15H2,1-4H3,(H,23,24);1H. The van der Waals surface area contributed by atoms with E-state index in [0.717, 1.165) is 37.7 Å². The van der Waals surface area contributed by atoms with Crippen LogP contribution in [0, 0.1) is 5.82 Å². The van der Waals surface area contributed by atoms with E-state index < -0.39 is 5.60 Å². The number of guanidine groups is 1. The van der Waals surface area contributed by atoms with E-state index >= 15 is 0 Å². The molecule has 0 saturated carbocycles. The molecule has 1 unspecified atom stereocenters. The highest BCUT2D eigenvalue weighted by atomic mass is 127. The predicted octanol–water partition coefficient (Wildman–Crippen LogP) is 2.76. The number of likely N-dealkylation sites (N-methyl/N-ethyl adjacent to an activating group) is 1. The second kappa shape index (κ2) is 10.6. The van der Waals surface area contributed by atoms with Gasteiger partial charge in [0.2, 0.25) is 0 Å². The van der Waals surface area contributed by atoms with Gasteiger partial charge in [-0.05, 0) is 45.5 Å². The van der Waals surface area contributed by atoms with Gasteiger partial charge in [0.25, 0.3) is 0 Å². The molecule has 168 valence electrons. The first-order chi connectivity index (χ1) is 13.7. The minimum atomic E-state index is -0.479. The maximum absolute atomic E-state index is 13.0. The Morgan fingerprint density at radius 3 is 2.67 bits per heavy atom. The second-order valence-electron chi connectivity index (χ2n) is 8.73. The van der Waals surface area contributed by atoms with Gasteiger partial charge in [0.1, 0.15) is 11.4 Å². The molecule has 0 aliphatic carbocycles. The summed E-state index contributed by atoms with van der Waals surface area (Å²) in [5.74, 6) is 0.702. The number of fused-ring (bicyclic) bond motifs is 1. The first-order valence-electron chi connectivity index (χ1n) is 10.2. The van der Waals surface area contributed by atoms with E-state index in [2.05, 4.69) is 20.1 Å². The van der Waals surface area contributed by atoms with Crippen molar-refractivity contribution < 1.29 is 13.9 Å². The number of hydrogen-bond acceptors (Lipinski definition) is 6. The normalized spacial score (nSPS) is 18.6. The Bertz CT molecular complexity index is 738. The Morgan fingerprint density at radius 1 is 1.30 bits per heavy atom. The summed E-state index contributed by atoms with van der Waals surface area (Å²) < 4.78 is 18.5. The van der Waals surface area contributed by atoms with Crippen LogP contribution in [0.3, 0.4) is 0 Å². The van der Waals surface area contributed by atoms with E-state index in [9.17, 15) is 9.18 Å². The maximum Gasteiger partial charge on any atom is 0.410 e. The molecule has 0 spiro atoms. The molecule has 2 heterocycles. The van der Waals surface area contributed by atoms with Crippen LogP contribution in [0.15, 0.2) is 29.3 Å². The van der Waals surface area contributed by atoms with Crippen LogP contribution in [0.4, 0.5) is 9.18 Å². The van der Waals surface area contributed by atoms with Gasteiger partial charge in [0.05, 0.1) is 12.6 Å². The summed E-state index contributed by atoms with van der Waals surface area (Å²) in [6.07, 6.45) is -0.249. The number of amides is 1. The molecule has 3 rings (SSSR count). The predicted molar refractivity (Wildman–Crippen MR) is 127 cm³/mol. The van der Waals surface area contributed by atoms with Crippen molar-refractivity contribution >= 4 is 36.0 Å². The number of nitrogens with zero attached hydrogens (tertiary/aromatic N) is 4. The Balaban J connectivity index is 0.00000320. The van der Waals surface area contributed by atoms with Gasteiger partial charge in [0.15, 0.2) is 5.96 Å². The summed E-state index contributed by atoms with van der Waals surface area (Å²) in [5.41, 5.74) is 0.609. The summed E-state index contributed by atoms with van der Waals surface area (Å²) in [4.78, 5) is 23.2. The Kier molecular flexibility index (Phi) is 8.72. The van der Waals surface area contributed by atoms with Crippen molar-refractivity contribution in [2.24, 2.45) is 4.99 Å². The van der Waals surface area contributed by atoms with Crippen molar-refractivity contribution in [3.8, 4) is 0 Å². The molecule has 0 radical (unpaired) electrons. The first-order valence-corrected chi connectivity index (χ1v) is 10.2. The molecule has 1 aromatic rings. The van der Waals surface area contributed by atoms with Crippen molar-refractivity contribution in [3.05, 3.63) is 35.6 Å². The highest BCUT2D eigenvalue weighted by Crippen LogP contribution is 2.18. The van der Waals surface area contributed by atoms with E-state index in [-0.39, 0.29) is 41.9 Å². The third-order valence-corrected chi connectivity index (χ3v) is 5.00. The molecule has 2 aliphatic heterocycles. The fraction of sp³-hybridized carbons (Fsp3) is 0.619.